The third-order valence-electron chi connectivity index (χ3n) is 4.50. The molecule has 1 amide bonds. The number of amides is 1. The molecule has 2 aromatic carbocycles. The largest absolute Gasteiger partial charge is 0.322 e. The summed E-state index contributed by atoms with van der Waals surface area (Å²) in [7, 11) is 0. The molecule has 2 heterocycles. The van der Waals surface area contributed by atoms with Crippen LogP contribution in [0, 0.1) is 13.8 Å². The fourth-order valence-corrected chi connectivity index (χ4v) is 3.13. The van der Waals surface area contributed by atoms with Crippen LogP contribution in [0.2, 0.25) is 5.02 Å². The van der Waals surface area contributed by atoms with E-state index in [2.05, 4.69) is 15.4 Å². The number of nitrogens with one attached hydrogen (secondary N) is 1. The van der Waals surface area contributed by atoms with Gasteiger partial charge >= 0.3 is 0 Å². The molecule has 0 aliphatic heterocycles. The number of carbonyl (C=O) groups is 1. The highest BCUT2D eigenvalue weighted by molar-refractivity contribution is 6.31. The van der Waals surface area contributed by atoms with Gasteiger partial charge in [-0.25, -0.2) is 9.67 Å². The van der Waals surface area contributed by atoms with Gasteiger partial charge in [0.05, 0.1) is 23.0 Å². The molecule has 0 saturated heterocycles. The molecule has 0 aliphatic carbocycles. The summed E-state index contributed by atoms with van der Waals surface area (Å²) >= 11 is 6.03. The molecule has 5 nitrogen and oxygen atoms in total. The van der Waals surface area contributed by atoms with Gasteiger partial charge in [0.25, 0.3) is 5.91 Å². The summed E-state index contributed by atoms with van der Waals surface area (Å²) in [6.45, 7) is 3.77. The summed E-state index contributed by atoms with van der Waals surface area (Å²) < 4.78 is 1.67. The minimum absolute atomic E-state index is 0.232. The number of benzene rings is 2. The van der Waals surface area contributed by atoms with E-state index in [9.17, 15) is 4.79 Å². The van der Waals surface area contributed by atoms with Gasteiger partial charge in [0.2, 0.25) is 0 Å². The highest BCUT2D eigenvalue weighted by Crippen LogP contribution is 2.22. The lowest BCUT2D eigenvalue weighted by Crippen LogP contribution is -2.14. The lowest BCUT2D eigenvalue weighted by atomic mass is 10.2. The topological polar surface area (TPSA) is 59.8 Å². The first-order valence-corrected chi connectivity index (χ1v) is 8.89. The van der Waals surface area contributed by atoms with Crippen LogP contribution in [0.1, 0.15) is 21.6 Å². The van der Waals surface area contributed by atoms with Crippen molar-refractivity contribution in [3.8, 4) is 5.82 Å². The van der Waals surface area contributed by atoms with Gasteiger partial charge in [0, 0.05) is 16.1 Å². The van der Waals surface area contributed by atoms with Gasteiger partial charge in [0.1, 0.15) is 0 Å². The third kappa shape index (κ3) is 3.29. The van der Waals surface area contributed by atoms with E-state index in [1.807, 2.05) is 56.3 Å². The van der Waals surface area contributed by atoms with E-state index in [-0.39, 0.29) is 5.91 Å². The molecule has 0 saturated carbocycles. The number of nitrogens with zero attached hydrogens (tertiary/aromatic N) is 3. The van der Waals surface area contributed by atoms with Crippen LogP contribution in [0.3, 0.4) is 0 Å². The highest BCUT2D eigenvalue weighted by Gasteiger charge is 2.17. The van der Waals surface area contributed by atoms with Crippen LogP contribution in [0.15, 0.2) is 60.8 Å². The minimum Gasteiger partial charge on any atom is -0.322 e. The molecule has 2 aromatic heterocycles. The van der Waals surface area contributed by atoms with Crippen LogP contribution in [0.4, 0.5) is 5.69 Å². The number of fused-ring (bicyclic) bond motifs is 1. The molecule has 4 rings (SSSR count). The van der Waals surface area contributed by atoms with Crippen molar-refractivity contribution in [1.29, 1.82) is 0 Å². The zero-order valence-corrected chi connectivity index (χ0v) is 15.7. The Hall–Kier alpha value is -3.18. The van der Waals surface area contributed by atoms with Crippen molar-refractivity contribution in [2.75, 3.05) is 5.32 Å². The molecule has 0 spiro atoms. The van der Waals surface area contributed by atoms with E-state index in [1.54, 1.807) is 23.0 Å². The Kier molecular flexibility index (Phi) is 4.38. The van der Waals surface area contributed by atoms with Crippen molar-refractivity contribution in [3.63, 3.8) is 0 Å². The number of carbonyl (C=O) groups excluding carboxylic acids is 1. The average Bonchev–Trinajstić information content (AvgIpc) is 3.06. The third-order valence-corrected chi connectivity index (χ3v) is 4.74. The summed E-state index contributed by atoms with van der Waals surface area (Å²) in [5, 5.41) is 8.90. The van der Waals surface area contributed by atoms with Crippen LogP contribution in [-0.4, -0.2) is 20.7 Å². The standard InChI is InChI=1S/C21H17ClN4O/c1-13-7-9-16(22)11-19(13)25-21(27)17-12-23-26(14(17)2)20-10-8-15-5-3-4-6-18(15)24-20/h3-12H,1-2H3,(H,25,27). The van der Waals surface area contributed by atoms with Crippen LogP contribution in [0.25, 0.3) is 16.7 Å². The average molecular weight is 377 g/mol. The Bertz CT molecular complexity index is 1170. The molecular weight excluding hydrogens is 360 g/mol. The van der Waals surface area contributed by atoms with Gasteiger partial charge in [0.15, 0.2) is 5.82 Å². The fourth-order valence-electron chi connectivity index (χ4n) is 2.96. The van der Waals surface area contributed by atoms with Crippen LogP contribution < -0.4 is 5.32 Å². The number of para-hydroxylation sites is 1. The van der Waals surface area contributed by atoms with Gasteiger partial charge in [-0.1, -0.05) is 35.9 Å². The van der Waals surface area contributed by atoms with Gasteiger partial charge in [-0.2, -0.15) is 5.10 Å². The second kappa shape index (κ2) is 6.85. The number of hydrogen-bond donors (Lipinski definition) is 1. The predicted octanol–water partition coefficient (Wildman–Crippen LogP) is 4.94. The first-order valence-electron chi connectivity index (χ1n) is 8.51. The molecular formula is C21H17ClN4O. The predicted molar refractivity (Wildman–Crippen MR) is 108 cm³/mol. The molecule has 0 unspecified atom stereocenters. The van der Waals surface area contributed by atoms with E-state index in [1.165, 1.54) is 0 Å². The highest BCUT2D eigenvalue weighted by atomic mass is 35.5. The Labute approximate surface area is 161 Å². The lowest BCUT2D eigenvalue weighted by Gasteiger charge is -2.09. The Morgan fingerprint density at radius 3 is 2.74 bits per heavy atom. The minimum atomic E-state index is -0.232. The Balaban J connectivity index is 1.66. The number of rotatable bonds is 3. The van der Waals surface area contributed by atoms with Crippen LogP contribution >= 0.6 is 11.6 Å². The van der Waals surface area contributed by atoms with Crippen molar-refractivity contribution in [1.82, 2.24) is 14.8 Å². The molecule has 1 N–H and O–H groups in total. The molecule has 0 radical (unpaired) electrons. The van der Waals surface area contributed by atoms with Crippen molar-refractivity contribution in [2.45, 2.75) is 13.8 Å². The molecule has 0 bridgehead atoms. The molecule has 4 aromatic rings. The quantitative estimate of drug-likeness (QED) is 0.550. The number of hydrogen-bond acceptors (Lipinski definition) is 3. The Morgan fingerprint density at radius 1 is 1.07 bits per heavy atom. The normalized spacial score (nSPS) is 10.9. The SMILES string of the molecule is Cc1ccc(Cl)cc1NC(=O)c1cnn(-c2ccc3ccccc3n2)c1C. The van der Waals surface area contributed by atoms with E-state index >= 15 is 0 Å². The monoisotopic (exact) mass is 376 g/mol. The maximum Gasteiger partial charge on any atom is 0.259 e. The lowest BCUT2D eigenvalue weighted by molar-refractivity contribution is 0.102. The van der Waals surface area contributed by atoms with Crippen molar-refractivity contribution in [2.24, 2.45) is 0 Å². The van der Waals surface area contributed by atoms with Gasteiger partial charge in [-0.3, -0.25) is 4.79 Å². The molecule has 134 valence electrons. The number of aromatic nitrogens is 3. The molecule has 0 fully saturated rings. The number of halogens is 1. The van der Waals surface area contributed by atoms with Gasteiger partial charge in [-0.05, 0) is 49.7 Å². The molecule has 27 heavy (non-hydrogen) atoms. The Morgan fingerprint density at radius 2 is 1.89 bits per heavy atom. The van der Waals surface area contributed by atoms with E-state index in [0.29, 0.717) is 22.1 Å². The van der Waals surface area contributed by atoms with Crippen molar-refractivity contribution >= 4 is 34.1 Å². The summed E-state index contributed by atoms with van der Waals surface area (Å²) in [5.41, 5.74) is 3.71. The summed E-state index contributed by atoms with van der Waals surface area (Å²) in [4.78, 5) is 17.4. The van der Waals surface area contributed by atoms with E-state index in [4.69, 9.17) is 11.6 Å². The van der Waals surface area contributed by atoms with Crippen molar-refractivity contribution in [3.05, 3.63) is 82.6 Å². The maximum atomic E-state index is 12.7. The van der Waals surface area contributed by atoms with Crippen LogP contribution in [0.5, 0.6) is 0 Å². The number of aryl methyl sites for hydroxylation is 1. The van der Waals surface area contributed by atoms with Gasteiger partial charge in [-0.15, -0.1) is 0 Å². The van der Waals surface area contributed by atoms with Gasteiger partial charge < -0.3 is 5.32 Å². The molecule has 6 heteroatoms. The molecule has 0 atom stereocenters. The number of pyridine rings is 1. The maximum absolute atomic E-state index is 12.7. The second-order valence-corrected chi connectivity index (χ2v) is 6.77. The molecule has 0 aliphatic rings. The van der Waals surface area contributed by atoms with Crippen LogP contribution in [-0.2, 0) is 0 Å². The second-order valence-electron chi connectivity index (χ2n) is 6.33. The van der Waals surface area contributed by atoms with Crippen molar-refractivity contribution < 1.29 is 4.79 Å². The summed E-state index contributed by atoms with van der Waals surface area (Å²) in [6, 6.07) is 17.2. The first-order chi connectivity index (χ1) is 13.0. The van der Waals surface area contributed by atoms with E-state index in [0.717, 1.165) is 22.2 Å². The number of anilines is 1. The summed E-state index contributed by atoms with van der Waals surface area (Å²) in [6.07, 6.45) is 1.56. The summed E-state index contributed by atoms with van der Waals surface area (Å²) in [5.74, 6) is 0.439. The zero-order chi connectivity index (χ0) is 19.0. The first kappa shape index (κ1) is 17.2. The zero-order valence-electron chi connectivity index (χ0n) is 14.9. The fraction of sp³-hybridized carbons (Fsp3) is 0.0952. The smallest absolute Gasteiger partial charge is 0.259 e. The van der Waals surface area contributed by atoms with E-state index < -0.39 is 0 Å².